The van der Waals surface area contributed by atoms with Gasteiger partial charge in [-0.05, 0) is 33.4 Å². The zero-order valence-electron chi connectivity index (χ0n) is 32.4. The number of hydrogen-bond acceptors (Lipinski definition) is 8. The van der Waals surface area contributed by atoms with E-state index in [0.29, 0.717) is 22.9 Å². The fraction of sp³-hybridized carbons (Fsp3) is 0.167. The van der Waals surface area contributed by atoms with Gasteiger partial charge < -0.3 is 14.2 Å². The summed E-state index contributed by atoms with van der Waals surface area (Å²) in [6.07, 6.45) is -4.32. The lowest BCUT2D eigenvalue weighted by molar-refractivity contribution is -0.130. The molecule has 1 aromatic heterocycles. The van der Waals surface area contributed by atoms with Gasteiger partial charge in [0.15, 0.2) is 12.3 Å². The van der Waals surface area contributed by atoms with Crippen LogP contribution in [0, 0.1) is 5.82 Å². The van der Waals surface area contributed by atoms with E-state index >= 15 is 4.39 Å². The fourth-order valence-corrected chi connectivity index (χ4v) is 8.67. The lowest BCUT2D eigenvalue weighted by Gasteiger charge is -2.41. The minimum absolute atomic E-state index is 0.279. The van der Waals surface area contributed by atoms with Crippen LogP contribution in [0.3, 0.4) is 0 Å². The maximum atomic E-state index is 15.1. The van der Waals surface area contributed by atoms with Crippen LogP contribution in [0.4, 0.5) is 4.39 Å². The lowest BCUT2D eigenvalue weighted by atomic mass is 9.79. The van der Waals surface area contributed by atoms with Crippen molar-refractivity contribution in [3.05, 3.63) is 248 Å². The number of rotatable bonds is 14. The SMILES string of the molecule is CS(=O)(=O)O[C@@H]1[C@H](OC(c2ccccc2)(c2ccccc2)c2ccccc2)[C@@H](COC(c2ccccc2)(c2ccccc2)c2ccccc2)O[C@H]1n1cc(F)c(=O)[nH]c1=O. The molecule has 0 radical (unpaired) electrons. The lowest BCUT2D eigenvalue weighted by Crippen LogP contribution is -2.48. The van der Waals surface area contributed by atoms with E-state index < -0.39 is 62.9 Å². The van der Waals surface area contributed by atoms with Crippen LogP contribution in [-0.2, 0) is 39.7 Å². The van der Waals surface area contributed by atoms with Crippen molar-refractivity contribution < 1.29 is 31.2 Å². The average molecular weight is 825 g/mol. The molecule has 1 fully saturated rings. The standard InChI is InChI=1S/C48H41FN2O8S/c1-60(54,55)59-43-42(58-48(37-26-14-5-15-27-37,38-28-16-6-17-29-38)39-30-18-7-19-31-39)41(57-45(43)51-32-40(49)44(52)50-46(51)53)33-56-47(34-20-8-2-9-21-34,35-22-10-3-11-23-35)36-24-12-4-13-25-36/h2-32,41-43,45H,33H2,1H3,(H,50,52,53)/t41-,42-,43-,45-/m1/s1. The van der Waals surface area contributed by atoms with Crippen molar-refractivity contribution in [2.24, 2.45) is 0 Å². The molecule has 10 nitrogen and oxygen atoms in total. The molecule has 12 heteroatoms. The topological polar surface area (TPSA) is 126 Å². The third-order valence-corrected chi connectivity index (χ3v) is 11.2. The first-order valence-electron chi connectivity index (χ1n) is 19.3. The number of nitrogens with one attached hydrogen (secondary N) is 1. The maximum absolute atomic E-state index is 15.1. The van der Waals surface area contributed by atoms with Crippen molar-refractivity contribution in [3.8, 4) is 0 Å². The highest BCUT2D eigenvalue weighted by Gasteiger charge is 2.55. The monoisotopic (exact) mass is 824 g/mol. The Kier molecular flexibility index (Phi) is 11.6. The van der Waals surface area contributed by atoms with E-state index in [9.17, 15) is 18.0 Å². The van der Waals surface area contributed by atoms with Crippen molar-refractivity contribution in [3.63, 3.8) is 0 Å². The van der Waals surface area contributed by atoms with Crippen LogP contribution < -0.4 is 11.2 Å². The van der Waals surface area contributed by atoms with Crippen molar-refractivity contribution in [2.75, 3.05) is 12.9 Å². The molecule has 0 bridgehead atoms. The Morgan fingerprint density at radius 2 is 0.967 bits per heavy atom. The summed E-state index contributed by atoms with van der Waals surface area (Å²) in [5.41, 5.74) is -0.633. The maximum Gasteiger partial charge on any atom is 0.330 e. The van der Waals surface area contributed by atoms with Gasteiger partial charge in [-0.25, -0.2) is 4.79 Å². The average Bonchev–Trinajstić information content (AvgIpc) is 3.60. The van der Waals surface area contributed by atoms with E-state index in [1.807, 2.05) is 187 Å². The molecule has 0 amide bonds. The van der Waals surface area contributed by atoms with Crippen LogP contribution in [0.15, 0.2) is 198 Å². The Bertz CT molecular complexity index is 2550. The minimum Gasteiger partial charge on any atom is -0.358 e. The molecule has 1 aliphatic rings. The minimum atomic E-state index is -4.34. The van der Waals surface area contributed by atoms with Gasteiger partial charge in [0.25, 0.3) is 15.7 Å². The van der Waals surface area contributed by atoms with Gasteiger partial charge in [0.2, 0.25) is 5.82 Å². The highest BCUT2D eigenvalue weighted by molar-refractivity contribution is 7.86. The summed E-state index contributed by atoms with van der Waals surface area (Å²) in [4.78, 5) is 27.7. The molecule has 2 heterocycles. The van der Waals surface area contributed by atoms with Gasteiger partial charge in [-0.2, -0.15) is 12.8 Å². The second-order valence-corrected chi connectivity index (χ2v) is 16.0. The van der Waals surface area contributed by atoms with Gasteiger partial charge in [0, 0.05) is 0 Å². The molecule has 1 saturated heterocycles. The van der Waals surface area contributed by atoms with E-state index in [0.717, 1.165) is 27.5 Å². The summed E-state index contributed by atoms with van der Waals surface area (Å²) in [7, 11) is -4.34. The number of aromatic amines is 1. The van der Waals surface area contributed by atoms with Gasteiger partial charge >= 0.3 is 5.69 Å². The molecule has 60 heavy (non-hydrogen) atoms. The predicted molar refractivity (Wildman–Crippen MR) is 224 cm³/mol. The van der Waals surface area contributed by atoms with Crippen molar-refractivity contribution in [1.82, 2.24) is 9.55 Å². The second kappa shape index (κ2) is 17.1. The molecule has 0 aliphatic carbocycles. The summed E-state index contributed by atoms with van der Waals surface area (Å²) >= 11 is 0. The van der Waals surface area contributed by atoms with Gasteiger partial charge in [0.1, 0.15) is 23.4 Å². The van der Waals surface area contributed by atoms with Crippen molar-refractivity contribution >= 4 is 10.1 Å². The first-order valence-corrected chi connectivity index (χ1v) is 21.1. The van der Waals surface area contributed by atoms with Gasteiger partial charge in [-0.15, -0.1) is 0 Å². The molecule has 0 unspecified atom stereocenters. The van der Waals surface area contributed by atoms with Gasteiger partial charge in [-0.3, -0.25) is 18.5 Å². The second-order valence-electron chi connectivity index (χ2n) is 14.4. The highest BCUT2D eigenvalue weighted by Crippen LogP contribution is 2.47. The fourth-order valence-electron chi connectivity index (χ4n) is 8.07. The zero-order chi connectivity index (χ0) is 41.7. The molecular weight excluding hydrogens is 784 g/mol. The molecular formula is C48H41FN2O8S. The summed E-state index contributed by atoms with van der Waals surface area (Å²) in [5, 5.41) is 0. The first-order chi connectivity index (χ1) is 29.1. The third kappa shape index (κ3) is 7.91. The molecule has 8 rings (SSSR count). The first kappa shape index (κ1) is 40.5. The molecule has 0 saturated carbocycles. The Labute approximate surface area is 346 Å². The number of halogens is 1. The Morgan fingerprint density at radius 3 is 1.33 bits per heavy atom. The van der Waals surface area contributed by atoms with Crippen molar-refractivity contribution in [1.29, 1.82) is 0 Å². The van der Waals surface area contributed by atoms with Crippen molar-refractivity contribution in [2.45, 2.75) is 35.7 Å². The van der Waals surface area contributed by atoms with E-state index in [2.05, 4.69) is 0 Å². The van der Waals surface area contributed by atoms with Gasteiger partial charge in [-0.1, -0.05) is 182 Å². The number of benzene rings is 6. The largest absolute Gasteiger partial charge is 0.358 e. The van der Waals surface area contributed by atoms with E-state index in [1.54, 1.807) is 0 Å². The van der Waals surface area contributed by atoms with Crippen LogP contribution in [-0.4, -0.2) is 49.1 Å². The van der Waals surface area contributed by atoms with Crippen LogP contribution >= 0.6 is 0 Å². The Morgan fingerprint density at radius 1 is 0.600 bits per heavy atom. The van der Waals surface area contributed by atoms with Crippen LogP contribution in [0.2, 0.25) is 0 Å². The summed E-state index contributed by atoms with van der Waals surface area (Å²) < 4.78 is 69.7. The predicted octanol–water partition coefficient (Wildman–Crippen LogP) is 7.30. The molecule has 6 aromatic carbocycles. The van der Waals surface area contributed by atoms with Crippen LogP contribution in [0.25, 0.3) is 0 Å². The zero-order valence-corrected chi connectivity index (χ0v) is 33.2. The third-order valence-electron chi connectivity index (χ3n) is 10.6. The summed E-state index contributed by atoms with van der Waals surface area (Å²) in [6.45, 7) is -0.279. The highest BCUT2D eigenvalue weighted by atomic mass is 32.2. The quantitative estimate of drug-likeness (QED) is 0.0895. The van der Waals surface area contributed by atoms with Crippen LogP contribution in [0.1, 0.15) is 39.6 Å². The number of nitrogens with zero attached hydrogens (tertiary/aromatic N) is 1. The van der Waals surface area contributed by atoms with E-state index in [1.165, 1.54) is 0 Å². The number of ether oxygens (including phenoxy) is 3. The Hall–Kier alpha value is -6.28. The molecule has 4 atom stereocenters. The normalized spacial score (nSPS) is 18.3. The molecule has 7 aromatic rings. The number of aromatic nitrogens is 2. The molecule has 0 spiro atoms. The van der Waals surface area contributed by atoms with Crippen LogP contribution in [0.5, 0.6) is 0 Å². The summed E-state index contributed by atoms with van der Waals surface area (Å²) in [6, 6.07) is 57.2. The van der Waals surface area contributed by atoms with E-state index in [-0.39, 0.29) is 6.61 Å². The number of hydrogen-bond donors (Lipinski definition) is 1. The molecule has 1 aliphatic heterocycles. The smallest absolute Gasteiger partial charge is 0.330 e. The molecule has 304 valence electrons. The van der Waals surface area contributed by atoms with E-state index in [4.69, 9.17) is 18.4 Å². The number of H-pyrrole nitrogens is 1. The van der Waals surface area contributed by atoms with Gasteiger partial charge in [0.05, 0.1) is 19.1 Å². The Balaban J connectivity index is 1.36. The molecule has 1 N–H and O–H groups in total. The summed E-state index contributed by atoms with van der Waals surface area (Å²) in [5.74, 6) is -1.29.